The first-order valence-electron chi connectivity index (χ1n) is 16.5. The van der Waals surface area contributed by atoms with Gasteiger partial charge in [0.1, 0.15) is 57.1 Å². The van der Waals surface area contributed by atoms with E-state index in [2.05, 4.69) is 0 Å². The minimum atomic E-state index is -0.822. The summed E-state index contributed by atoms with van der Waals surface area (Å²) in [6, 6.07) is 17.4. The number of carbonyl (C=O) groups excluding carboxylic acids is 6. The molecule has 6 rings (SSSR count). The molecule has 1 unspecified atom stereocenters. The molecule has 0 amide bonds. The molecule has 0 saturated heterocycles. The molecule has 0 radical (unpaired) electrons. The van der Waals surface area contributed by atoms with E-state index in [1.165, 1.54) is 62.4 Å². The molecule has 0 N–H and O–H groups in total. The van der Waals surface area contributed by atoms with Gasteiger partial charge in [-0.3, -0.25) is 33.6 Å². The van der Waals surface area contributed by atoms with Crippen molar-refractivity contribution in [2.75, 3.05) is 0 Å². The largest absolute Gasteiger partial charge is 0.484 e. The highest BCUT2D eigenvalue weighted by atomic mass is 16.6. The van der Waals surface area contributed by atoms with Gasteiger partial charge in [0, 0.05) is 64.4 Å². The van der Waals surface area contributed by atoms with Crippen molar-refractivity contribution < 1.29 is 66.3 Å². The zero-order chi connectivity index (χ0) is 39.6. The molecule has 280 valence electrons. The maximum Gasteiger partial charge on any atom is 0.308 e. The Morgan fingerprint density at radius 1 is 0.600 bits per heavy atom. The van der Waals surface area contributed by atoms with Gasteiger partial charge in [-0.1, -0.05) is 12.1 Å². The van der Waals surface area contributed by atoms with E-state index in [9.17, 15) is 33.6 Å². The molecule has 0 bridgehead atoms. The highest BCUT2D eigenvalue weighted by Crippen LogP contribution is 2.47. The first-order chi connectivity index (χ1) is 26.1. The van der Waals surface area contributed by atoms with Crippen molar-refractivity contribution in [1.29, 1.82) is 0 Å². The predicted molar refractivity (Wildman–Crippen MR) is 190 cm³/mol. The van der Waals surface area contributed by atoms with Gasteiger partial charge in [0.15, 0.2) is 22.7 Å². The fraction of sp³-hybridized carbons (Fsp3) is 0.175. The monoisotopic (exact) mass is 750 g/mol. The number of ether oxygens (including phenoxy) is 7. The number of carbonyl (C=O) groups is 6. The molecule has 1 atom stereocenters. The Kier molecular flexibility index (Phi) is 10.5. The zero-order valence-corrected chi connectivity index (χ0v) is 29.8. The van der Waals surface area contributed by atoms with E-state index >= 15 is 0 Å². The Balaban J connectivity index is 1.35. The van der Waals surface area contributed by atoms with Crippen LogP contribution in [0.4, 0.5) is 0 Å². The Labute approximate surface area is 311 Å². The molecule has 0 fully saturated rings. The first kappa shape index (κ1) is 37.5. The zero-order valence-electron chi connectivity index (χ0n) is 29.8. The minimum absolute atomic E-state index is 0.00224. The highest BCUT2D eigenvalue weighted by Gasteiger charge is 2.33. The van der Waals surface area contributed by atoms with Crippen LogP contribution in [0.25, 0.3) is 22.3 Å². The molecular formula is C40H30O15. The molecule has 1 aliphatic rings. The maximum absolute atomic E-state index is 13.6. The van der Waals surface area contributed by atoms with E-state index in [4.69, 9.17) is 37.6 Å². The summed E-state index contributed by atoms with van der Waals surface area (Å²) in [5.41, 5.74) is 0.254. The van der Waals surface area contributed by atoms with Gasteiger partial charge in [-0.05, 0) is 42.0 Å². The molecule has 1 aliphatic heterocycles. The summed E-state index contributed by atoms with van der Waals surface area (Å²) in [5.74, 6) is -4.28. The lowest BCUT2D eigenvalue weighted by Crippen LogP contribution is -2.22. The number of Topliss-reactive ketones (excluding diaryl/α,β-unsaturated/α-hetero) is 1. The van der Waals surface area contributed by atoms with Gasteiger partial charge < -0.3 is 37.6 Å². The molecule has 5 aromatic rings. The van der Waals surface area contributed by atoms with Crippen molar-refractivity contribution in [2.45, 2.75) is 47.1 Å². The standard InChI is InChI=1S/C40H30O15/c1-19(41)48-26-10-6-24(7-11-26)32-17-30(47)38-35(55-32)18-36(51-22(4)44)39(40(38)52-23(5)45)53-27-12-8-25(9-13-27)31-16-29(46)37-33(50-21(3)43)14-28(49-20(2)42)15-34(37)54-31/h6-15,17-18,31H,16H2,1-5H3. The van der Waals surface area contributed by atoms with Crippen LogP contribution in [0.1, 0.15) is 63.1 Å². The lowest BCUT2D eigenvalue weighted by atomic mass is 9.95. The second-order valence-electron chi connectivity index (χ2n) is 12.1. The lowest BCUT2D eigenvalue weighted by molar-refractivity contribution is -0.133. The average Bonchev–Trinajstić information content (AvgIpc) is 3.08. The topological polar surface area (TPSA) is 197 Å². The Morgan fingerprint density at radius 2 is 1.18 bits per heavy atom. The van der Waals surface area contributed by atoms with Crippen molar-refractivity contribution >= 4 is 46.6 Å². The molecule has 0 saturated carbocycles. The quantitative estimate of drug-likeness (QED) is 0.115. The average molecular weight is 751 g/mol. The van der Waals surface area contributed by atoms with E-state index in [1.54, 1.807) is 24.3 Å². The smallest absolute Gasteiger partial charge is 0.308 e. The first-order valence-corrected chi connectivity index (χ1v) is 16.5. The molecule has 2 heterocycles. The molecule has 15 heteroatoms. The van der Waals surface area contributed by atoms with Gasteiger partial charge in [0.25, 0.3) is 0 Å². The van der Waals surface area contributed by atoms with E-state index in [0.717, 1.165) is 20.8 Å². The third-order valence-corrected chi connectivity index (χ3v) is 7.74. The number of hydrogen-bond acceptors (Lipinski definition) is 15. The fourth-order valence-electron chi connectivity index (χ4n) is 5.72. The second kappa shape index (κ2) is 15.4. The Bertz CT molecular complexity index is 2460. The number of benzene rings is 4. The highest BCUT2D eigenvalue weighted by molar-refractivity contribution is 6.03. The number of esters is 5. The summed E-state index contributed by atoms with van der Waals surface area (Å²) < 4.78 is 44.6. The number of hydrogen-bond donors (Lipinski definition) is 0. The van der Waals surface area contributed by atoms with Crippen LogP contribution < -0.4 is 38.6 Å². The third kappa shape index (κ3) is 8.52. The molecular weight excluding hydrogens is 720 g/mol. The van der Waals surface area contributed by atoms with Crippen LogP contribution >= 0.6 is 0 Å². The molecule has 15 nitrogen and oxygen atoms in total. The van der Waals surface area contributed by atoms with Crippen LogP contribution in [0.3, 0.4) is 0 Å². The fourth-order valence-corrected chi connectivity index (χ4v) is 5.72. The summed E-state index contributed by atoms with van der Waals surface area (Å²) in [4.78, 5) is 86.2. The predicted octanol–water partition coefficient (Wildman–Crippen LogP) is 6.59. The SMILES string of the molecule is CC(=O)Oc1ccc(-c2cc(=O)c3c(OC(C)=O)c(Oc4ccc(C5CC(=O)c6c(OC(C)=O)cc(OC(C)=O)cc6O5)cc4)c(OC(C)=O)cc3o2)cc1. The van der Waals surface area contributed by atoms with Crippen LogP contribution in [0, 0.1) is 0 Å². The lowest BCUT2D eigenvalue weighted by Gasteiger charge is -2.27. The van der Waals surface area contributed by atoms with Gasteiger partial charge in [-0.25, -0.2) is 0 Å². The summed E-state index contributed by atoms with van der Waals surface area (Å²) in [6.07, 6.45) is -0.960. The van der Waals surface area contributed by atoms with Crippen LogP contribution in [0.2, 0.25) is 0 Å². The Hall–Kier alpha value is -7.29. The van der Waals surface area contributed by atoms with Crippen molar-refractivity contribution in [3.05, 3.63) is 94.1 Å². The van der Waals surface area contributed by atoms with Crippen LogP contribution in [0.5, 0.6) is 46.0 Å². The van der Waals surface area contributed by atoms with Gasteiger partial charge in [-0.2, -0.15) is 0 Å². The van der Waals surface area contributed by atoms with Gasteiger partial charge in [0.05, 0.1) is 6.42 Å². The summed E-state index contributed by atoms with van der Waals surface area (Å²) in [5, 5.41) is -0.188. The normalized spacial score (nSPS) is 13.2. The number of fused-ring (bicyclic) bond motifs is 2. The van der Waals surface area contributed by atoms with Crippen LogP contribution in [-0.4, -0.2) is 35.6 Å². The van der Waals surface area contributed by atoms with Crippen LogP contribution in [0.15, 0.2) is 82.0 Å². The van der Waals surface area contributed by atoms with Crippen molar-refractivity contribution in [3.63, 3.8) is 0 Å². The van der Waals surface area contributed by atoms with Gasteiger partial charge in [0.2, 0.25) is 5.75 Å². The second-order valence-corrected chi connectivity index (χ2v) is 12.1. The summed E-state index contributed by atoms with van der Waals surface area (Å²) in [7, 11) is 0. The molecule has 4 aromatic carbocycles. The van der Waals surface area contributed by atoms with E-state index in [-0.39, 0.29) is 74.7 Å². The van der Waals surface area contributed by atoms with Crippen molar-refractivity contribution in [1.82, 2.24) is 0 Å². The van der Waals surface area contributed by atoms with Gasteiger partial charge in [-0.15, -0.1) is 0 Å². The van der Waals surface area contributed by atoms with Crippen LogP contribution in [-0.2, 0) is 24.0 Å². The van der Waals surface area contributed by atoms with E-state index in [1.807, 2.05) is 0 Å². The number of ketones is 1. The third-order valence-electron chi connectivity index (χ3n) is 7.74. The number of rotatable bonds is 9. The van der Waals surface area contributed by atoms with Crippen molar-refractivity contribution in [2.24, 2.45) is 0 Å². The van der Waals surface area contributed by atoms with E-state index < -0.39 is 47.2 Å². The minimum Gasteiger partial charge on any atom is -0.484 e. The molecule has 1 aromatic heterocycles. The summed E-state index contributed by atoms with van der Waals surface area (Å²) in [6.45, 7) is 5.86. The Morgan fingerprint density at radius 3 is 1.80 bits per heavy atom. The van der Waals surface area contributed by atoms with Crippen molar-refractivity contribution in [3.8, 4) is 57.3 Å². The molecule has 55 heavy (non-hydrogen) atoms. The van der Waals surface area contributed by atoms with Gasteiger partial charge >= 0.3 is 29.8 Å². The van der Waals surface area contributed by atoms with E-state index in [0.29, 0.717) is 11.1 Å². The summed E-state index contributed by atoms with van der Waals surface area (Å²) >= 11 is 0. The molecule has 0 spiro atoms. The maximum atomic E-state index is 13.6. The molecule has 0 aliphatic carbocycles.